The maximum absolute atomic E-state index is 5.61. The van der Waals surface area contributed by atoms with Crippen molar-refractivity contribution in [2.24, 2.45) is 11.8 Å². The number of likely N-dealkylation sites (N-methyl/N-ethyl adjacent to an activating group) is 1. The molecule has 2 bridgehead atoms. The number of nitrogens with one attached hydrogen (secondary N) is 1. The summed E-state index contributed by atoms with van der Waals surface area (Å²) in [5.74, 6) is 4.19. The van der Waals surface area contributed by atoms with Crippen LogP contribution in [0.15, 0.2) is 4.52 Å². The first kappa shape index (κ1) is 13.7. The van der Waals surface area contributed by atoms with Gasteiger partial charge in [0, 0.05) is 17.9 Å². The first-order valence-corrected chi connectivity index (χ1v) is 8.79. The molecule has 4 nitrogen and oxygen atoms in total. The zero-order valence-electron chi connectivity index (χ0n) is 13.1. The molecular weight excluding hydrogens is 262 g/mol. The molecule has 3 unspecified atom stereocenters. The Morgan fingerprint density at radius 1 is 1.19 bits per heavy atom. The lowest BCUT2D eigenvalue weighted by Gasteiger charge is -2.36. The molecule has 0 aliphatic heterocycles. The van der Waals surface area contributed by atoms with Crippen LogP contribution >= 0.6 is 0 Å². The minimum Gasteiger partial charge on any atom is -0.339 e. The summed E-state index contributed by atoms with van der Waals surface area (Å²) in [5, 5.41) is 7.88. The van der Waals surface area contributed by atoms with Crippen molar-refractivity contribution in [2.45, 2.75) is 75.7 Å². The van der Waals surface area contributed by atoms with Crippen LogP contribution in [0.25, 0.3) is 0 Å². The van der Waals surface area contributed by atoms with Gasteiger partial charge in [-0.05, 0) is 51.0 Å². The van der Waals surface area contributed by atoms with E-state index in [0.717, 1.165) is 30.0 Å². The van der Waals surface area contributed by atoms with E-state index in [1.54, 1.807) is 0 Å². The molecule has 0 aromatic carbocycles. The van der Waals surface area contributed by atoms with Crippen LogP contribution < -0.4 is 5.32 Å². The maximum Gasteiger partial charge on any atom is 0.228 e. The van der Waals surface area contributed by atoms with E-state index in [-0.39, 0.29) is 5.54 Å². The monoisotopic (exact) mass is 289 g/mol. The number of rotatable bonds is 4. The molecule has 0 spiro atoms. The van der Waals surface area contributed by atoms with Gasteiger partial charge in [-0.1, -0.05) is 30.8 Å². The lowest BCUT2D eigenvalue weighted by molar-refractivity contribution is 0.220. The summed E-state index contributed by atoms with van der Waals surface area (Å²) in [4.78, 5) is 4.78. The highest BCUT2D eigenvalue weighted by Gasteiger charge is 2.42. The predicted octanol–water partition coefficient (Wildman–Crippen LogP) is 3.44. The zero-order valence-corrected chi connectivity index (χ0v) is 13.1. The first-order valence-electron chi connectivity index (χ1n) is 8.79. The smallest absolute Gasteiger partial charge is 0.228 e. The summed E-state index contributed by atoms with van der Waals surface area (Å²) in [6.45, 7) is 0. The van der Waals surface area contributed by atoms with Gasteiger partial charge < -0.3 is 9.84 Å². The topological polar surface area (TPSA) is 51.0 Å². The molecule has 3 fully saturated rings. The van der Waals surface area contributed by atoms with Gasteiger partial charge in [-0.2, -0.15) is 4.98 Å². The summed E-state index contributed by atoms with van der Waals surface area (Å²) in [5.41, 5.74) is 0.191. The predicted molar refractivity (Wildman–Crippen MR) is 81.1 cm³/mol. The van der Waals surface area contributed by atoms with Crippen molar-refractivity contribution >= 4 is 0 Å². The molecule has 1 N–H and O–H groups in total. The molecule has 1 heterocycles. The van der Waals surface area contributed by atoms with Gasteiger partial charge in [-0.25, -0.2) is 0 Å². The van der Waals surface area contributed by atoms with Gasteiger partial charge in [-0.3, -0.25) is 0 Å². The largest absolute Gasteiger partial charge is 0.339 e. The SMILES string of the molecule is CNC1(Cc2nc(C3CC4CCC3C4)no2)CCCCC1. The maximum atomic E-state index is 5.61. The molecule has 0 saturated heterocycles. The average molecular weight is 289 g/mol. The Balaban J connectivity index is 1.47. The third-order valence-electron chi connectivity index (χ3n) is 6.38. The van der Waals surface area contributed by atoms with E-state index in [4.69, 9.17) is 9.51 Å². The number of nitrogens with zero attached hydrogens (tertiary/aromatic N) is 2. The van der Waals surface area contributed by atoms with Crippen molar-refractivity contribution in [1.29, 1.82) is 0 Å². The van der Waals surface area contributed by atoms with Crippen LogP contribution in [0, 0.1) is 11.8 Å². The molecule has 0 radical (unpaired) electrons. The van der Waals surface area contributed by atoms with E-state index in [1.807, 2.05) is 0 Å². The summed E-state index contributed by atoms with van der Waals surface area (Å²) in [6, 6.07) is 0. The fourth-order valence-electron chi connectivity index (χ4n) is 5.08. The van der Waals surface area contributed by atoms with E-state index in [2.05, 4.69) is 17.5 Å². The van der Waals surface area contributed by atoms with Crippen LogP contribution in [-0.2, 0) is 6.42 Å². The van der Waals surface area contributed by atoms with Gasteiger partial charge >= 0.3 is 0 Å². The Morgan fingerprint density at radius 2 is 2.05 bits per heavy atom. The lowest BCUT2D eigenvalue weighted by atomic mass is 9.79. The van der Waals surface area contributed by atoms with Gasteiger partial charge in [0.05, 0.1) is 0 Å². The quantitative estimate of drug-likeness (QED) is 0.922. The van der Waals surface area contributed by atoms with E-state index in [1.165, 1.54) is 57.8 Å². The molecule has 4 rings (SSSR count). The highest BCUT2D eigenvalue weighted by Crippen LogP contribution is 2.52. The fraction of sp³-hybridized carbons (Fsp3) is 0.882. The first-order chi connectivity index (χ1) is 10.3. The van der Waals surface area contributed by atoms with Crippen molar-refractivity contribution in [3.05, 3.63) is 11.7 Å². The molecule has 116 valence electrons. The van der Waals surface area contributed by atoms with Crippen LogP contribution in [-0.4, -0.2) is 22.7 Å². The van der Waals surface area contributed by atoms with Gasteiger partial charge in [0.1, 0.15) is 0 Å². The molecule has 3 saturated carbocycles. The molecular formula is C17H27N3O. The van der Waals surface area contributed by atoms with Crippen molar-refractivity contribution in [1.82, 2.24) is 15.5 Å². The minimum absolute atomic E-state index is 0.191. The average Bonchev–Trinajstić information content (AvgIpc) is 3.24. The van der Waals surface area contributed by atoms with Gasteiger partial charge in [-0.15, -0.1) is 0 Å². The molecule has 1 aromatic rings. The number of fused-ring (bicyclic) bond motifs is 2. The second kappa shape index (κ2) is 5.38. The van der Waals surface area contributed by atoms with Crippen LogP contribution in [0.1, 0.15) is 75.4 Å². The molecule has 1 aromatic heterocycles. The number of hydrogen-bond donors (Lipinski definition) is 1. The van der Waals surface area contributed by atoms with Gasteiger partial charge in [0.25, 0.3) is 0 Å². The molecule has 21 heavy (non-hydrogen) atoms. The minimum atomic E-state index is 0.191. The Labute approximate surface area is 127 Å². The number of hydrogen-bond acceptors (Lipinski definition) is 4. The van der Waals surface area contributed by atoms with Crippen molar-refractivity contribution in [2.75, 3.05) is 7.05 Å². The van der Waals surface area contributed by atoms with E-state index < -0.39 is 0 Å². The molecule has 4 heteroatoms. The third-order valence-corrected chi connectivity index (χ3v) is 6.38. The Morgan fingerprint density at radius 3 is 2.71 bits per heavy atom. The Hall–Kier alpha value is -0.900. The molecule has 3 aliphatic carbocycles. The lowest BCUT2D eigenvalue weighted by Crippen LogP contribution is -2.46. The van der Waals surface area contributed by atoms with E-state index >= 15 is 0 Å². The van der Waals surface area contributed by atoms with Crippen LogP contribution in [0.2, 0.25) is 0 Å². The van der Waals surface area contributed by atoms with Gasteiger partial charge in [0.2, 0.25) is 5.89 Å². The van der Waals surface area contributed by atoms with Crippen molar-refractivity contribution in [3.8, 4) is 0 Å². The summed E-state index contributed by atoms with van der Waals surface area (Å²) < 4.78 is 5.61. The van der Waals surface area contributed by atoms with Crippen LogP contribution in [0.4, 0.5) is 0 Å². The van der Waals surface area contributed by atoms with Crippen molar-refractivity contribution < 1.29 is 4.52 Å². The van der Waals surface area contributed by atoms with Crippen LogP contribution in [0.5, 0.6) is 0 Å². The Kier molecular flexibility index (Phi) is 3.52. The fourth-order valence-corrected chi connectivity index (χ4v) is 5.08. The summed E-state index contributed by atoms with van der Waals surface area (Å²) >= 11 is 0. The standard InChI is InChI=1S/C17H27N3O/c1-18-17(7-3-2-4-8-17)11-15-19-16(20-21-15)14-10-12-5-6-13(14)9-12/h12-14,18H,2-11H2,1H3. The van der Waals surface area contributed by atoms with Gasteiger partial charge in [0.15, 0.2) is 5.82 Å². The number of aromatic nitrogens is 2. The molecule has 3 atom stereocenters. The molecule has 3 aliphatic rings. The third kappa shape index (κ3) is 2.52. The summed E-state index contributed by atoms with van der Waals surface area (Å²) in [7, 11) is 2.08. The highest BCUT2D eigenvalue weighted by atomic mass is 16.5. The second-order valence-corrected chi connectivity index (χ2v) is 7.60. The molecule has 0 amide bonds. The normalized spacial score (nSPS) is 34.4. The van der Waals surface area contributed by atoms with Crippen LogP contribution in [0.3, 0.4) is 0 Å². The second-order valence-electron chi connectivity index (χ2n) is 7.60. The zero-order chi connectivity index (χ0) is 14.3. The Bertz CT molecular complexity index is 492. The highest BCUT2D eigenvalue weighted by molar-refractivity contribution is 5.07. The van der Waals surface area contributed by atoms with Crippen molar-refractivity contribution in [3.63, 3.8) is 0 Å². The summed E-state index contributed by atoms with van der Waals surface area (Å²) in [6.07, 6.45) is 12.8. The van der Waals surface area contributed by atoms with E-state index in [0.29, 0.717) is 5.92 Å². The van der Waals surface area contributed by atoms with E-state index in [9.17, 15) is 0 Å².